The summed E-state index contributed by atoms with van der Waals surface area (Å²) in [6, 6.07) is 0. The molecule has 3 nitrogen and oxygen atoms in total. The highest BCUT2D eigenvalue weighted by Crippen LogP contribution is 2.43. The van der Waals surface area contributed by atoms with Gasteiger partial charge in [-0.3, -0.25) is 0 Å². The molecule has 1 aromatic rings. The third-order valence-electron chi connectivity index (χ3n) is 3.43. The number of fused-ring (bicyclic) bond motifs is 2. The van der Waals surface area contributed by atoms with Gasteiger partial charge >= 0.3 is 0 Å². The maximum absolute atomic E-state index is 5.53. The molecule has 0 spiro atoms. The number of aromatic nitrogens is 1. The Kier molecular flexibility index (Phi) is 1.87. The van der Waals surface area contributed by atoms with Gasteiger partial charge in [-0.15, -0.1) is 0 Å². The van der Waals surface area contributed by atoms with Crippen molar-refractivity contribution in [2.45, 2.75) is 32.1 Å². The van der Waals surface area contributed by atoms with Crippen LogP contribution in [0.4, 0.5) is 0 Å². The van der Waals surface area contributed by atoms with E-state index in [0.717, 1.165) is 31.1 Å². The standard InChI is InChI=1S/C12H15NO2/c1-7-3-4-8-10(7)13-12-9(5-6-15-12)11(8)14-2/h7H,3-6H2,1-2H3. The van der Waals surface area contributed by atoms with Crippen molar-refractivity contribution in [3.63, 3.8) is 0 Å². The van der Waals surface area contributed by atoms with Crippen LogP contribution in [0, 0.1) is 0 Å². The average molecular weight is 205 g/mol. The fraction of sp³-hybridized carbons (Fsp3) is 0.583. The van der Waals surface area contributed by atoms with Gasteiger partial charge in [0.05, 0.1) is 25.0 Å². The Labute approximate surface area is 89.4 Å². The van der Waals surface area contributed by atoms with E-state index in [2.05, 4.69) is 11.9 Å². The summed E-state index contributed by atoms with van der Waals surface area (Å²) in [5, 5.41) is 0. The fourth-order valence-electron chi connectivity index (χ4n) is 2.62. The molecule has 2 heterocycles. The van der Waals surface area contributed by atoms with Gasteiger partial charge in [-0.2, -0.15) is 0 Å². The van der Waals surface area contributed by atoms with Crippen LogP contribution in [0.25, 0.3) is 0 Å². The number of methoxy groups -OCH3 is 1. The molecule has 0 saturated heterocycles. The molecular weight excluding hydrogens is 190 g/mol. The van der Waals surface area contributed by atoms with Crippen molar-refractivity contribution in [3.8, 4) is 11.6 Å². The Morgan fingerprint density at radius 2 is 2.20 bits per heavy atom. The number of hydrogen-bond donors (Lipinski definition) is 0. The van der Waals surface area contributed by atoms with Crippen LogP contribution in [0.2, 0.25) is 0 Å². The van der Waals surface area contributed by atoms with Crippen molar-refractivity contribution < 1.29 is 9.47 Å². The Morgan fingerprint density at radius 3 is 3.00 bits per heavy atom. The summed E-state index contributed by atoms with van der Waals surface area (Å²) in [4.78, 5) is 4.62. The van der Waals surface area contributed by atoms with Crippen molar-refractivity contribution in [1.29, 1.82) is 0 Å². The molecule has 1 aromatic heterocycles. The quantitative estimate of drug-likeness (QED) is 0.703. The monoisotopic (exact) mass is 205 g/mol. The van der Waals surface area contributed by atoms with Crippen LogP contribution in [-0.2, 0) is 12.8 Å². The molecule has 3 rings (SSSR count). The molecule has 0 N–H and O–H groups in total. The summed E-state index contributed by atoms with van der Waals surface area (Å²) in [5.74, 6) is 2.39. The summed E-state index contributed by atoms with van der Waals surface area (Å²) >= 11 is 0. The molecule has 1 aliphatic carbocycles. The number of nitrogens with zero attached hydrogens (tertiary/aromatic N) is 1. The van der Waals surface area contributed by atoms with E-state index in [-0.39, 0.29) is 0 Å². The van der Waals surface area contributed by atoms with Gasteiger partial charge in [0.25, 0.3) is 0 Å². The van der Waals surface area contributed by atoms with Crippen LogP contribution < -0.4 is 9.47 Å². The largest absolute Gasteiger partial charge is 0.496 e. The van der Waals surface area contributed by atoms with Gasteiger partial charge < -0.3 is 9.47 Å². The maximum Gasteiger partial charge on any atom is 0.220 e. The number of pyridine rings is 1. The van der Waals surface area contributed by atoms with E-state index < -0.39 is 0 Å². The third-order valence-corrected chi connectivity index (χ3v) is 3.43. The summed E-state index contributed by atoms with van der Waals surface area (Å²) < 4.78 is 11.1. The second-order valence-electron chi connectivity index (χ2n) is 4.33. The van der Waals surface area contributed by atoms with Crippen molar-refractivity contribution in [2.75, 3.05) is 13.7 Å². The molecule has 0 radical (unpaired) electrons. The molecule has 3 heteroatoms. The number of hydrogen-bond acceptors (Lipinski definition) is 3. The summed E-state index contributed by atoms with van der Waals surface area (Å²) in [5.41, 5.74) is 3.67. The maximum atomic E-state index is 5.53. The van der Waals surface area contributed by atoms with Gasteiger partial charge in [-0.25, -0.2) is 4.98 Å². The summed E-state index contributed by atoms with van der Waals surface area (Å²) in [6.45, 7) is 2.97. The van der Waals surface area contributed by atoms with Crippen molar-refractivity contribution in [1.82, 2.24) is 4.98 Å². The Hall–Kier alpha value is -1.25. The third kappa shape index (κ3) is 1.15. The van der Waals surface area contributed by atoms with Crippen LogP contribution in [0.5, 0.6) is 11.6 Å². The van der Waals surface area contributed by atoms with Crippen LogP contribution in [0.15, 0.2) is 0 Å². The second-order valence-corrected chi connectivity index (χ2v) is 4.33. The Morgan fingerprint density at radius 1 is 1.33 bits per heavy atom. The van der Waals surface area contributed by atoms with Crippen molar-refractivity contribution in [3.05, 3.63) is 16.8 Å². The lowest BCUT2D eigenvalue weighted by atomic mass is 10.1. The molecule has 0 saturated carbocycles. The normalized spacial score (nSPS) is 22.1. The number of ether oxygens (including phenoxy) is 2. The molecule has 0 amide bonds. The highest BCUT2D eigenvalue weighted by atomic mass is 16.5. The minimum Gasteiger partial charge on any atom is -0.496 e. The second kappa shape index (κ2) is 3.12. The van der Waals surface area contributed by atoms with E-state index in [1.54, 1.807) is 7.11 Å². The fourth-order valence-corrected chi connectivity index (χ4v) is 2.62. The molecule has 80 valence electrons. The molecule has 2 aliphatic rings. The smallest absolute Gasteiger partial charge is 0.220 e. The zero-order valence-corrected chi connectivity index (χ0v) is 9.17. The highest BCUT2D eigenvalue weighted by Gasteiger charge is 2.30. The first kappa shape index (κ1) is 9.01. The molecule has 0 fully saturated rings. The lowest BCUT2D eigenvalue weighted by Crippen LogP contribution is -1.99. The molecular formula is C12H15NO2. The van der Waals surface area contributed by atoms with Crippen LogP contribution in [-0.4, -0.2) is 18.7 Å². The zero-order valence-electron chi connectivity index (χ0n) is 9.17. The van der Waals surface area contributed by atoms with Crippen LogP contribution in [0.1, 0.15) is 36.1 Å². The topological polar surface area (TPSA) is 31.4 Å². The molecule has 0 bridgehead atoms. The lowest BCUT2D eigenvalue weighted by Gasteiger charge is -2.12. The molecule has 0 aromatic carbocycles. The predicted octanol–water partition coefficient (Wildman–Crippen LogP) is 2.07. The molecule has 1 atom stereocenters. The van der Waals surface area contributed by atoms with E-state index in [4.69, 9.17) is 9.47 Å². The van der Waals surface area contributed by atoms with Gasteiger partial charge in [0.1, 0.15) is 5.75 Å². The summed E-state index contributed by atoms with van der Waals surface area (Å²) in [7, 11) is 1.75. The van der Waals surface area contributed by atoms with Gasteiger partial charge in [-0.1, -0.05) is 6.92 Å². The molecule has 1 unspecified atom stereocenters. The van der Waals surface area contributed by atoms with E-state index >= 15 is 0 Å². The average Bonchev–Trinajstić information content (AvgIpc) is 2.83. The Balaban J connectivity index is 2.23. The Bertz CT molecular complexity index is 415. The van der Waals surface area contributed by atoms with Crippen LogP contribution >= 0.6 is 0 Å². The summed E-state index contributed by atoms with van der Waals surface area (Å²) in [6.07, 6.45) is 3.22. The SMILES string of the molecule is COc1c2c(nc3c1CCC3C)OCC2. The predicted molar refractivity (Wildman–Crippen MR) is 56.7 cm³/mol. The van der Waals surface area contributed by atoms with Gasteiger partial charge in [0.2, 0.25) is 5.88 Å². The van der Waals surface area contributed by atoms with Crippen molar-refractivity contribution in [2.24, 2.45) is 0 Å². The van der Waals surface area contributed by atoms with E-state index in [1.165, 1.54) is 23.2 Å². The van der Waals surface area contributed by atoms with Gasteiger partial charge in [0, 0.05) is 12.0 Å². The highest BCUT2D eigenvalue weighted by molar-refractivity contribution is 5.52. The first-order valence-electron chi connectivity index (χ1n) is 5.53. The van der Waals surface area contributed by atoms with Gasteiger partial charge in [0.15, 0.2) is 0 Å². The first-order valence-corrected chi connectivity index (χ1v) is 5.53. The van der Waals surface area contributed by atoms with E-state index in [1.807, 2.05) is 0 Å². The van der Waals surface area contributed by atoms with Gasteiger partial charge in [-0.05, 0) is 18.8 Å². The minimum atomic E-state index is 0.545. The lowest BCUT2D eigenvalue weighted by molar-refractivity contribution is 0.343. The zero-order chi connectivity index (χ0) is 10.4. The first-order chi connectivity index (χ1) is 7.31. The van der Waals surface area contributed by atoms with Crippen molar-refractivity contribution >= 4 is 0 Å². The molecule has 1 aliphatic heterocycles. The number of rotatable bonds is 1. The van der Waals surface area contributed by atoms with E-state index in [9.17, 15) is 0 Å². The van der Waals surface area contributed by atoms with E-state index in [0.29, 0.717) is 5.92 Å². The minimum absolute atomic E-state index is 0.545. The van der Waals surface area contributed by atoms with Crippen LogP contribution in [0.3, 0.4) is 0 Å². The molecule has 15 heavy (non-hydrogen) atoms.